The first-order chi connectivity index (χ1) is 34.3. The van der Waals surface area contributed by atoms with Crippen LogP contribution in [-0.2, 0) is 29.1 Å². The number of aryl methyl sites for hydroxylation is 1. The van der Waals surface area contributed by atoms with E-state index in [1.807, 2.05) is 0 Å². The highest BCUT2D eigenvalue weighted by Crippen LogP contribution is 2.57. The Morgan fingerprint density at radius 2 is 1.03 bits per heavy atom. The molecule has 344 valence electrons. The lowest BCUT2D eigenvalue weighted by Crippen LogP contribution is -2.62. The van der Waals surface area contributed by atoms with E-state index in [9.17, 15) is 0 Å². The molecule has 3 aliphatic heterocycles. The summed E-state index contributed by atoms with van der Waals surface area (Å²) in [6.45, 7) is 17.4. The van der Waals surface area contributed by atoms with Gasteiger partial charge in [-0.3, -0.25) is 0 Å². The van der Waals surface area contributed by atoms with E-state index >= 15 is 0 Å². The lowest BCUT2D eigenvalue weighted by Gasteiger charge is -2.44. The zero-order chi connectivity index (χ0) is 47.9. The Morgan fingerprint density at radius 1 is 0.493 bits per heavy atom. The quantitative estimate of drug-likeness (QED) is 0.164. The van der Waals surface area contributed by atoms with E-state index in [2.05, 4.69) is 239 Å². The third-order valence-electron chi connectivity index (χ3n) is 17.7. The Morgan fingerprint density at radius 3 is 1.63 bits per heavy atom. The van der Waals surface area contributed by atoms with Crippen molar-refractivity contribution in [2.45, 2.75) is 77.6 Å². The van der Waals surface area contributed by atoms with Crippen molar-refractivity contribution < 1.29 is 4.74 Å². The zero-order valence-electron chi connectivity index (χ0n) is 41.6. The zero-order valence-corrected chi connectivity index (χ0v) is 42.4. The van der Waals surface area contributed by atoms with Gasteiger partial charge in [0.1, 0.15) is 12.4 Å². The van der Waals surface area contributed by atoms with E-state index in [0.717, 1.165) is 18.6 Å². The van der Waals surface area contributed by atoms with Crippen LogP contribution in [-0.4, -0.2) is 13.3 Å². The molecule has 0 radical (unpaired) electrons. The Bertz CT molecular complexity index is 3750. The molecule has 0 saturated carbocycles. The standard InChI is InChI=1S/C66H55BN2OS/c1-39-30-56-61-57(31-39)69(43-27-29-47-45-23-15-17-25-50(45)65(6,7)52(47)33-43)62-60(48-36-63(2,3)37-59(48)71-62)67(61)54-34-53-58(70-38-66(53,40-18-10-8-11-19-40)41-20-12-9-13-21-41)35-55(54)68(56)42-26-28-46-44-22-14-16-24-49(44)64(4,5)51(46)32-42/h8-35H,36-38H2,1-7H3. The van der Waals surface area contributed by atoms with Gasteiger partial charge in [-0.15, -0.1) is 11.3 Å². The van der Waals surface area contributed by atoms with Gasteiger partial charge in [-0.2, -0.15) is 0 Å². The van der Waals surface area contributed by atoms with Gasteiger partial charge >= 0.3 is 0 Å². The second-order valence-corrected chi connectivity index (χ2v) is 24.3. The number of rotatable bonds is 4. The molecular formula is C66H55BN2OS. The average Bonchev–Trinajstić information content (AvgIpc) is 4.13. The van der Waals surface area contributed by atoms with Crippen LogP contribution < -0.4 is 30.9 Å². The van der Waals surface area contributed by atoms with Crippen LogP contribution in [0.5, 0.6) is 5.75 Å². The lowest BCUT2D eigenvalue weighted by molar-refractivity contribution is 0.313. The van der Waals surface area contributed by atoms with Crippen LogP contribution in [0, 0.1) is 12.3 Å². The monoisotopic (exact) mass is 934 g/mol. The Balaban J connectivity index is 1.03. The second kappa shape index (κ2) is 14.1. The molecule has 3 aliphatic carbocycles. The van der Waals surface area contributed by atoms with Crippen molar-refractivity contribution >= 4 is 67.9 Å². The molecule has 3 nitrogen and oxygen atoms in total. The van der Waals surface area contributed by atoms with Crippen LogP contribution in [0.2, 0.25) is 0 Å². The maximum atomic E-state index is 7.12. The number of ether oxygens (including phenoxy) is 1. The van der Waals surface area contributed by atoms with Crippen LogP contribution in [0.4, 0.5) is 33.4 Å². The summed E-state index contributed by atoms with van der Waals surface area (Å²) in [5, 5.41) is 1.37. The molecule has 0 saturated heterocycles. The van der Waals surface area contributed by atoms with Crippen molar-refractivity contribution in [1.82, 2.24) is 0 Å². The summed E-state index contributed by atoms with van der Waals surface area (Å²) in [4.78, 5) is 6.85. The number of benzene rings is 8. The fraction of sp³-hybridized carbons (Fsp3) is 0.212. The number of nitrogens with zero attached hydrogens (tertiary/aromatic N) is 2. The number of hydrogen-bond donors (Lipinski definition) is 0. The van der Waals surface area contributed by atoms with Gasteiger partial charge in [0.25, 0.3) is 6.71 Å². The molecule has 0 fully saturated rings. The molecule has 4 heterocycles. The molecular weight excluding hydrogens is 880 g/mol. The molecule has 0 amide bonds. The summed E-state index contributed by atoms with van der Waals surface area (Å²) in [6.07, 6.45) is 2.15. The lowest BCUT2D eigenvalue weighted by atomic mass is 9.33. The normalized spacial score (nSPS) is 17.8. The Kier molecular flexibility index (Phi) is 8.26. The fourth-order valence-corrected chi connectivity index (χ4v) is 16.1. The summed E-state index contributed by atoms with van der Waals surface area (Å²) in [5.41, 5.74) is 27.3. The Hall–Kier alpha value is -7.08. The van der Waals surface area contributed by atoms with Crippen LogP contribution in [0.3, 0.4) is 0 Å². The minimum absolute atomic E-state index is 0.00684. The van der Waals surface area contributed by atoms with Gasteiger partial charge in [0.05, 0.1) is 10.4 Å². The van der Waals surface area contributed by atoms with E-state index < -0.39 is 5.41 Å². The molecule has 9 aromatic rings. The molecule has 15 rings (SSSR count). The summed E-state index contributed by atoms with van der Waals surface area (Å²) in [7, 11) is 0. The van der Waals surface area contributed by atoms with E-state index in [4.69, 9.17) is 4.74 Å². The van der Waals surface area contributed by atoms with Crippen LogP contribution in [0.1, 0.15) is 96.5 Å². The highest BCUT2D eigenvalue weighted by molar-refractivity contribution is 7.20. The minimum atomic E-state index is -0.492. The summed E-state index contributed by atoms with van der Waals surface area (Å²) < 4.78 is 7.12. The van der Waals surface area contributed by atoms with Crippen molar-refractivity contribution in [3.05, 3.63) is 225 Å². The fourth-order valence-electron chi connectivity index (χ4n) is 14.4. The van der Waals surface area contributed by atoms with Crippen LogP contribution >= 0.6 is 11.3 Å². The first-order valence-corrected chi connectivity index (χ1v) is 26.5. The molecule has 0 spiro atoms. The average molecular weight is 935 g/mol. The second-order valence-electron chi connectivity index (χ2n) is 23.2. The van der Waals surface area contributed by atoms with Gasteiger partial charge in [-0.25, -0.2) is 0 Å². The van der Waals surface area contributed by atoms with E-state index in [0.29, 0.717) is 6.61 Å². The molecule has 6 aliphatic rings. The molecule has 5 heteroatoms. The molecule has 0 unspecified atom stereocenters. The maximum Gasteiger partial charge on any atom is 0.253 e. The third kappa shape index (κ3) is 5.45. The maximum absolute atomic E-state index is 7.12. The van der Waals surface area contributed by atoms with Crippen molar-refractivity contribution in [2.75, 3.05) is 16.4 Å². The summed E-state index contributed by atoms with van der Waals surface area (Å²) in [6, 6.07) is 65.0. The first-order valence-electron chi connectivity index (χ1n) is 25.6. The molecule has 0 N–H and O–H groups in total. The smallest absolute Gasteiger partial charge is 0.253 e. The summed E-state index contributed by atoms with van der Waals surface area (Å²) >= 11 is 2.05. The number of fused-ring (bicyclic) bond motifs is 13. The first kappa shape index (κ1) is 41.7. The van der Waals surface area contributed by atoms with E-state index in [-0.39, 0.29) is 23.0 Å². The van der Waals surface area contributed by atoms with Crippen molar-refractivity contribution in [3.63, 3.8) is 0 Å². The van der Waals surface area contributed by atoms with Gasteiger partial charge in [-0.1, -0.05) is 169 Å². The molecule has 1 aromatic heterocycles. The van der Waals surface area contributed by atoms with Gasteiger partial charge in [0.15, 0.2) is 0 Å². The Labute approximate surface area is 422 Å². The third-order valence-corrected chi connectivity index (χ3v) is 19.0. The van der Waals surface area contributed by atoms with Gasteiger partial charge in [0.2, 0.25) is 0 Å². The largest absolute Gasteiger partial charge is 0.492 e. The van der Waals surface area contributed by atoms with Crippen LogP contribution in [0.15, 0.2) is 170 Å². The van der Waals surface area contributed by atoms with E-state index in [1.54, 1.807) is 10.4 Å². The summed E-state index contributed by atoms with van der Waals surface area (Å²) in [5.74, 6) is 0.961. The van der Waals surface area contributed by atoms with Gasteiger partial charge in [0, 0.05) is 55.8 Å². The van der Waals surface area contributed by atoms with Gasteiger partial charge < -0.3 is 14.5 Å². The predicted octanol–water partition coefficient (Wildman–Crippen LogP) is 14.6. The SMILES string of the molecule is Cc1cc2c3c(c1)N(c1ccc4c(c1)C(C)(C)c1ccccc1-4)c1sc4c(c1B3c1cc3c(cc1N2c1ccc2c(c1)C(C)(C)c1ccccc1-2)OCC3(c1ccccc1)c1ccccc1)CC(C)(C)C4. The van der Waals surface area contributed by atoms with Crippen molar-refractivity contribution in [2.24, 2.45) is 5.41 Å². The molecule has 71 heavy (non-hydrogen) atoms. The van der Waals surface area contributed by atoms with Crippen molar-refractivity contribution in [1.29, 1.82) is 0 Å². The molecule has 0 bridgehead atoms. The number of thiophene rings is 1. The molecule has 8 aromatic carbocycles. The number of anilines is 6. The minimum Gasteiger partial charge on any atom is -0.492 e. The van der Waals surface area contributed by atoms with E-state index in [1.165, 1.54) is 117 Å². The van der Waals surface area contributed by atoms with Crippen molar-refractivity contribution in [3.8, 4) is 28.0 Å². The molecule has 0 atom stereocenters. The van der Waals surface area contributed by atoms with Gasteiger partial charge in [-0.05, 0) is 145 Å². The van der Waals surface area contributed by atoms with Crippen LogP contribution in [0.25, 0.3) is 22.3 Å². The highest BCUT2D eigenvalue weighted by atomic mass is 32.1. The highest BCUT2D eigenvalue weighted by Gasteiger charge is 2.52. The predicted molar refractivity (Wildman–Crippen MR) is 298 cm³/mol. The number of hydrogen-bond acceptors (Lipinski definition) is 4. The topological polar surface area (TPSA) is 15.7 Å².